The van der Waals surface area contributed by atoms with Crippen LogP contribution in [0.2, 0.25) is 0 Å². The number of ether oxygens (including phenoxy) is 3. The van der Waals surface area contributed by atoms with Crippen LogP contribution >= 0.6 is 0 Å². The van der Waals surface area contributed by atoms with Crippen LogP contribution in [0.5, 0.6) is 5.75 Å². The van der Waals surface area contributed by atoms with E-state index in [2.05, 4.69) is 12.1 Å². The van der Waals surface area contributed by atoms with Gasteiger partial charge in [0.15, 0.2) is 0 Å². The van der Waals surface area contributed by atoms with Crippen molar-refractivity contribution in [3.8, 4) is 5.75 Å². The molecule has 0 aromatic heterocycles. The van der Waals surface area contributed by atoms with Crippen LogP contribution in [0.1, 0.15) is 31.2 Å². The molecule has 1 atom stereocenters. The predicted octanol–water partition coefficient (Wildman–Crippen LogP) is 2.29. The van der Waals surface area contributed by atoms with E-state index >= 15 is 0 Å². The first-order valence-electron chi connectivity index (χ1n) is 7.98. The van der Waals surface area contributed by atoms with Crippen LogP contribution in [0.25, 0.3) is 0 Å². The summed E-state index contributed by atoms with van der Waals surface area (Å²) in [7, 11) is 0. The summed E-state index contributed by atoms with van der Waals surface area (Å²) in [5.41, 5.74) is 6.86. The van der Waals surface area contributed by atoms with E-state index in [1.807, 2.05) is 12.1 Å². The molecule has 2 saturated heterocycles. The van der Waals surface area contributed by atoms with Crippen LogP contribution in [-0.4, -0.2) is 38.1 Å². The van der Waals surface area contributed by atoms with Crippen LogP contribution in [0, 0.1) is 0 Å². The normalized spacial score (nSPS) is 24.9. The highest BCUT2D eigenvalue weighted by Crippen LogP contribution is 2.36. The van der Waals surface area contributed by atoms with Crippen LogP contribution in [0.3, 0.4) is 0 Å². The molecule has 2 heterocycles. The van der Waals surface area contributed by atoms with Gasteiger partial charge in [0.25, 0.3) is 0 Å². The van der Waals surface area contributed by atoms with Crippen molar-refractivity contribution in [3.05, 3.63) is 29.8 Å². The van der Waals surface area contributed by atoms with E-state index in [-0.39, 0.29) is 11.7 Å². The van der Waals surface area contributed by atoms with Crippen molar-refractivity contribution in [2.24, 2.45) is 5.73 Å². The Morgan fingerprint density at radius 3 is 2.81 bits per heavy atom. The lowest BCUT2D eigenvalue weighted by Gasteiger charge is -2.43. The zero-order chi connectivity index (χ0) is 14.5. The van der Waals surface area contributed by atoms with Crippen molar-refractivity contribution in [3.63, 3.8) is 0 Å². The third-order valence-corrected chi connectivity index (χ3v) is 4.53. The molecule has 1 aromatic carbocycles. The maximum Gasteiger partial charge on any atom is 0.122 e. The molecule has 116 valence electrons. The first-order valence-corrected chi connectivity index (χ1v) is 7.98. The van der Waals surface area contributed by atoms with Gasteiger partial charge in [0.2, 0.25) is 0 Å². The number of para-hydroxylation sites is 1. The second-order valence-corrected chi connectivity index (χ2v) is 6.02. The van der Waals surface area contributed by atoms with E-state index in [4.69, 9.17) is 19.9 Å². The van der Waals surface area contributed by atoms with Gasteiger partial charge in [-0.25, -0.2) is 0 Å². The SMILES string of the molecule is NCCc1ccccc1OC1CCOC2(CCOCC2)C1. The highest BCUT2D eigenvalue weighted by Gasteiger charge is 2.39. The summed E-state index contributed by atoms with van der Waals surface area (Å²) in [5, 5.41) is 0. The number of nitrogens with two attached hydrogens (primary N) is 1. The summed E-state index contributed by atoms with van der Waals surface area (Å²) >= 11 is 0. The molecule has 0 amide bonds. The summed E-state index contributed by atoms with van der Waals surface area (Å²) in [4.78, 5) is 0. The molecular formula is C17H25NO3. The minimum atomic E-state index is -0.0238. The Labute approximate surface area is 126 Å². The van der Waals surface area contributed by atoms with Crippen LogP contribution in [0.15, 0.2) is 24.3 Å². The molecule has 0 saturated carbocycles. The largest absolute Gasteiger partial charge is 0.490 e. The quantitative estimate of drug-likeness (QED) is 0.925. The summed E-state index contributed by atoms with van der Waals surface area (Å²) in [6.45, 7) is 3.03. The van der Waals surface area contributed by atoms with Crippen molar-refractivity contribution in [2.45, 2.75) is 43.8 Å². The van der Waals surface area contributed by atoms with Gasteiger partial charge in [-0.1, -0.05) is 18.2 Å². The van der Waals surface area contributed by atoms with Gasteiger partial charge in [0.1, 0.15) is 11.9 Å². The Kier molecular flexibility index (Phi) is 4.78. The van der Waals surface area contributed by atoms with Crippen LogP contribution in [0.4, 0.5) is 0 Å². The van der Waals surface area contributed by atoms with Crippen molar-refractivity contribution in [1.29, 1.82) is 0 Å². The van der Waals surface area contributed by atoms with E-state index in [1.54, 1.807) is 0 Å². The zero-order valence-electron chi connectivity index (χ0n) is 12.6. The molecule has 2 N–H and O–H groups in total. The van der Waals surface area contributed by atoms with Gasteiger partial charge in [-0.3, -0.25) is 0 Å². The van der Waals surface area contributed by atoms with Gasteiger partial charge in [0.05, 0.1) is 12.2 Å². The van der Waals surface area contributed by atoms with Crippen molar-refractivity contribution >= 4 is 0 Å². The van der Waals surface area contributed by atoms with Crippen LogP contribution < -0.4 is 10.5 Å². The van der Waals surface area contributed by atoms with Gasteiger partial charge >= 0.3 is 0 Å². The molecule has 0 aliphatic carbocycles. The third-order valence-electron chi connectivity index (χ3n) is 4.53. The second-order valence-electron chi connectivity index (χ2n) is 6.02. The van der Waals surface area contributed by atoms with Crippen molar-refractivity contribution in [2.75, 3.05) is 26.4 Å². The molecule has 2 fully saturated rings. The molecule has 2 aliphatic rings. The molecule has 4 nitrogen and oxygen atoms in total. The van der Waals surface area contributed by atoms with Gasteiger partial charge in [-0.15, -0.1) is 0 Å². The monoisotopic (exact) mass is 291 g/mol. The Balaban J connectivity index is 1.67. The molecule has 0 bridgehead atoms. The van der Waals surface area contributed by atoms with E-state index in [9.17, 15) is 0 Å². The van der Waals surface area contributed by atoms with Gasteiger partial charge in [-0.2, -0.15) is 0 Å². The molecule has 21 heavy (non-hydrogen) atoms. The molecule has 1 spiro atoms. The van der Waals surface area contributed by atoms with Crippen molar-refractivity contribution in [1.82, 2.24) is 0 Å². The summed E-state index contributed by atoms with van der Waals surface area (Å²) in [6, 6.07) is 8.23. The smallest absolute Gasteiger partial charge is 0.122 e. The molecule has 0 radical (unpaired) electrons. The fraction of sp³-hybridized carbons (Fsp3) is 0.647. The van der Waals surface area contributed by atoms with E-state index in [0.29, 0.717) is 6.54 Å². The molecular weight excluding hydrogens is 266 g/mol. The first-order chi connectivity index (χ1) is 10.3. The number of hydrogen-bond acceptors (Lipinski definition) is 4. The lowest BCUT2D eigenvalue weighted by molar-refractivity contribution is -0.155. The average molecular weight is 291 g/mol. The van der Waals surface area contributed by atoms with Crippen molar-refractivity contribution < 1.29 is 14.2 Å². The lowest BCUT2D eigenvalue weighted by atomic mass is 9.85. The fourth-order valence-electron chi connectivity index (χ4n) is 3.34. The minimum Gasteiger partial charge on any atom is -0.490 e. The second kappa shape index (κ2) is 6.77. The lowest BCUT2D eigenvalue weighted by Crippen LogP contribution is -2.47. The molecule has 4 heteroatoms. The number of hydrogen-bond donors (Lipinski definition) is 1. The highest BCUT2D eigenvalue weighted by atomic mass is 16.5. The summed E-state index contributed by atoms with van der Waals surface area (Å²) in [6.07, 6.45) is 4.98. The highest BCUT2D eigenvalue weighted by molar-refractivity contribution is 5.33. The van der Waals surface area contributed by atoms with Gasteiger partial charge < -0.3 is 19.9 Å². The Hall–Kier alpha value is -1.10. The topological polar surface area (TPSA) is 53.7 Å². The maximum atomic E-state index is 6.29. The molecule has 3 rings (SSSR count). The fourth-order valence-corrected chi connectivity index (χ4v) is 3.34. The molecule has 1 unspecified atom stereocenters. The standard InChI is InChI=1S/C17H25NO3/c18-9-5-14-3-1-2-4-16(14)21-15-6-10-20-17(13-15)7-11-19-12-8-17/h1-4,15H,5-13,18H2. The third kappa shape index (κ3) is 3.57. The molecule has 2 aliphatic heterocycles. The predicted molar refractivity (Wildman–Crippen MR) is 81.6 cm³/mol. The molecule has 1 aromatic rings. The van der Waals surface area contributed by atoms with E-state index < -0.39 is 0 Å². The zero-order valence-corrected chi connectivity index (χ0v) is 12.6. The average Bonchev–Trinajstić information content (AvgIpc) is 2.50. The number of benzene rings is 1. The minimum absolute atomic E-state index is 0.0238. The van der Waals surface area contributed by atoms with E-state index in [0.717, 1.165) is 57.7 Å². The summed E-state index contributed by atoms with van der Waals surface area (Å²) < 4.78 is 17.8. The summed E-state index contributed by atoms with van der Waals surface area (Å²) in [5.74, 6) is 0.983. The number of rotatable bonds is 4. The van der Waals surface area contributed by atoms with Gasteiger partial charge in [0, 0.05) is 26.1 Å². The first kappa shape index (κ1) is 14.8. The Bertz CT molecular complexity index is 452. The van der Waals surface area contributed by atoms with Crippen LogP contribution in [-0.2, 0) is 15.9 Å². The maximum absolute atomic E-state index is 6.29. The van der Waals surface area contributed by atoms with E-state index in [1.165, 1.54) is 5.56 Å². The van der Waals surface area contributed by atoms with Gasteiger partial charge in [-0.05, 0) is 37.4 Å². The Morgan fingerprint density at radius 2 is 2.00 bits per heavy atom. The Morgan fingerprint density at radius 1 is 1.19 bits per heavy atom.